The van der Waals surface area contributed by atoms with Crippen LogP contribution in [0.5, 0.6) is 0 Å². The van der Waals surface area contributed by atoms with Gasteiger partial charge in [0.1, 0.15) is 0 Å². The van der Waals surface area contributed by atoms with E-state index in [-0.39, 0.29) is 6.42 Å². The maximum atomic E-state index is 13.0. The Balaban J connectivity index is 2.94. The Morgan fingerprint density at radius 1 is 1.64 bits per heavy atom. The third kappa shape index (κ3) is 2.50. The van der Waals surface area contributed by atoms with E-state index in [2.05, 4.69) is 0 Å². The number of aliphatic hydroxyl groups excluding tert-OH is 1. The van der Waals surface area contributed by atoms with Crippen molar-refractivity contribution in [2.75, 3.05) is 0 Å². The van der Waals surface area contributed by atoms with Gasteiger partial charge in [-0.15, -0.1) is 0 Å². The number of nitro groups is 1. The van der Waals surface area contributed by atoms with Crippen molar-refractivity contribution in [3.05, 3.63) is 39.7 Å². The Labute approximate surface area is 80.1 Å². The van der Waals surface area contributed by atoms with Crippen LogP contribution >= 0.6 is 0 Å². The van der Waals surface area contributed by atoms with E-state index < -0.39 is 22.5 Å². The summed E-state index contributed by atoms with van der Waals surface area (Å²) in [5.41, 5.74) is 0.00226. The Morgan fingerprint density at radius 2 is 2.29 bits per heavy atom. The average Bonchev–Trinajstić information content (AvgIpc) is 2.01. The predicted molar refractivity (Wildman–Crippen MR) is 48.4 cm³/mol. The van der Waals surface area contributed by atoms with Gasteiger partial charge in [0.25, 0.3) is 0 Å². The molecule has 1 rings (SSSR count). The van der Waals surface area contributed by atoms with Crippen LogP contribution in [0.25, 0.3) is 0 Å². The fraction of sp³-hybridized carbons (Fsp3) is 0.333. The fourth-order valence-corrected chi connectivity index (χ4v) is 1.17. The maximum Gasteiger partial charge on any atom is 0.304 e. The second-order valence-electron chi connectivity index (χ2n) is 3.10. The first-order valence-corrected chi connectivity index (χ1v) is 4.11. The van der Waals surface area contributed by atoms with Gasteiger partial charge in [-0.3, -0.25) is 10.1 Å². The lowest BCUT2D eigenvalue weighted by atomic mass is 10.1. The number of benzene rings is 1. The largest absolute Gasteiger partial charge is 0.393 e. The van der Waals surface area contributed by atoms with Crippen molar-refractivity contribution < 1.29 is 14.4 Å². The van der Waals surface area contributed by atoms with E-state index in [1.807, 2.05) is 0 Å². The minimum absolute atomic E-state index is 0.287. The summed E-state index contributed by atoms with van der Waals surface area (Å²) in [5.74, 6) is -0.867. The monoisotopic (exact) mass is 199 g/mol. The van der Waals surface area contributed by atoms with Gasteiger partial charge < -0.3 is 5.11 Å². The number of aliphatic hydroxyl groups is 1. The molecular weight excluding hydrogens is 189 g/mol. The summed E-state index contributed by atoms with van der Waals surface area (Å²) >= 11 is 0. The average molecular weight is 199 g/mol. The second kappa shape index (κ2) is 4.15. The topological polar surface area (TPSA) is 63.4 Å². The van der Waals surface area contributed by atoms with Crippen molar-refractivity contribution in [3.8, 4) is 0 Å². The lowest BCUT2D eigenvalue weighted by Gasteiger charge is -2.03. The molecule has 0 fully saturated rings. The standard InChI is InChI=1S/C9H10FNO3/c1-6(12)4-7-2-3-9(11(13)14)8(10)5-7/h2-3,5-6,12H,4H2,1H3/t6-/m0/s1. The number of hydrogen-bond acceptors (Lipinski definition) is 3. The molecule has 5 heteroatoms. The molecule has 0 aromatic heterocycles. The van der Waals surface area contributed by atoms with E-state index in [9.17, 15) is 14.5 Å². The maximum absolute atomic E-state index is 13.0. The number of halogens is 1. The van der Waals surface area contributed by atoms with Crippen molar-refractivity contribution >= 4 is 5.69 Å². The van der Waals surface area contributed by atoms with Gasteiger partial charge >= 0.3 is 5.69 Å². The molecule has 0 unspecified atom stereocenters. The second-order valence-corrected chi connectivity index (χ2v) is 3.10. The molecule has 1 atom stereocenters. The summed E-state index contributed by atoms with van der Waals surface area (Å²) in [6.45, 7) is 1.57. The van der Waals surface area contributed by atoms with Gasteiger partial charge in [0.15, 0.2) is 0 Å². The highest BCUT2D eigenvalue weighted by atomic mass is 19.1. The van der Waals surface area contributed by atoms with Crippen LogP contribution in [0, 0.1) is 15.9 Å². The zero-order valence-corrected chi connectivity index (χ0v) is 7.61. The normalized spacial score (nSPS) is 12.5. The molecule has 0 radical (unpaired) electrons. The van der Waals surface area contributed by atoms with E-state index >= 15 is 0 Å². The molecule has 1 aromatic rings. The Kier molecular flexibility index (Phi) is 3.14. The van der Waals surface area contributed by atoms with Gasteiger partial charge in [-0.05, 0) is 25.0 Å². The molecule has 0 spiro atoms. The molecule has 0 aliphatic carbocycles. The van der Waals surface area contributed by atoms with Gasteiger partial charge in [0.05, 0.1) is 11.0 Å². The first kappa shape index (κ1) is 10.6. The molecule has 1 N–H and O–H groups in total. The number of nitro benzene ring substituents is 1. The first-order valence-electron chi connectivity index (χ1n) is 4.11. The van der Waals surface area contributed by atoms with Crippen LogP contribution in [0.3, 0.4) is 0 Å². The van der Waals surface area contributed by atoms with Crippen molar-refractivity contribution in [1.29, 1.82) is 0 Å². The summed E-state index contributed by atoms with van der Waals surface area (Å²) in [4.78, 5) is 9.50. The SMILES string of the molecule is C[C@H](O)Cc1ccc([N+](=O)[O-])c(F)c1. The lowest BCUT2D eigenvalue weighted by Crippen LogP contribution is -2.04. The van der Waals surface area contributed by atoms with Crippen LogP contribution in [0.15, 0.2) is 18.2 Å². The Bertz CT molecular complexity index is 352. The van der Waals surface area contributed by atoms with Crippen molar-refractivity contribution in [2.45, 2.75) is 19.4 Å². The number of nitrogens with zero attached hydrogens (tertiary/aromatic N) is 1. The quantitative estimate of drug-likeness (QED) is 0.594. The van der Waals surface area contributed by atoms with Crippen LogP contribution in [0.4, 0.5) is 10.1 Å². The highest BCUT2D eigenvalue weighted by molar-refractivity contribution is 5.35. The van der Waals surface area contributed by atoms with Crippen LogP contribution in [0.2, 0.25) is 0 Å². The third-order valence-electron chi connectivity index (χ3n) is 1.74. The Morgan fingerprint density at radius 3 is 2.71 bits per heavy atom. The van der Waals surface area contributed by atoms with E-state index in [0.29, 0.717) is 5.56 Å². The van der Waals surface area contributed by atoms with E-state index in [1.54, 1.807) is 6.92 Å². The molecular formula is C9H10FNO3. The molecule has 0 bridgehead atoms. The molecule has 0 saturated heterocycles. The summed E-state index contributed by atoms with van der Waals surface area (Å²) in [5, 5.41) is 19.3. The molecule has 0 aliphatic heterocycles. The highest BCUT2D eigenvalue weighted by Gasteiger charge is 2.13. The van der Waals surface area contributed by atoms with Crippen LogP contribution in [-0.2, 0) is 6.42 Å². The highest BCUT2D eigenvalue weighted by Crippen LogP contribution is 2.18. The van der Waals surface area contributed by atoms with Crippen molar-refractivity contribution in [2.24, 2.45) is 0 Å². The third-order valence-corrected chi connectivity index (χ3v) is 1.74. The van der Waals surface area contributed by atoms with Crippen LogP contribution in [-0.4, -0.2) is 16.1 Å². The van der Waals surface area contributed by atoms with E-state index in [1.165, 1.54) is 6.07 Å². The molecule has 1 aromatic carbocycles. The summed E-state index contributed by atoms with van der Waals surface area (Å²) in [6.07, 6.45) is -0.301. The Hall–Kier alpha value is -1.49. The van der Waals surface area contributed by atoms with Gasteiger partial charge in [-0.25, -0.2) is 0 Å². The molecule has 0 heterocycles. The molecule has 0 amide bonds. The fourth-order valence-electron chi connectivity index (χ4n) is 1.17. The summed E-state index contributed by atoms with van der Waals surface area (Å²) < 4.78 is 13.0. The number of hydrogen-bond donors (Lipinski definition) is 1. The molecule has 4 nitrogen and oxygen atoms in total. The predicted octanol–water partition coefficient (Wildman–Crippen LogP) is 1.66. The van der Waals surface area contributed by atoms with E-state index in [0.717, 1.165) is 12.1 Å². The lowest BCUT2D eigenvalue weighted by molar-refractivity contribution is -0.387. The smallest absolute Gasteiger partial charge is 0.304 e. The molecule has 76 valence electrons. The van der Waals surface area contributed by atoms with Gasteiger partial charge in [-0.2, -0.15) is 4.39 Å². The van der Waals surface area contributed by atoms with Crippen LogP contribution < -0.4 is 0 Å². The zero-order valence-electron chi connectivity index (χ0n) is 7.61. The first-order chi connectivity index (χ1) is 6.50. The molecule has 0 saturated carbocycles. The zero-order chi connectivity index (χ0) is 10.7. The van der Waals surface area contributed by atoms with Crippen molar-refractivity contribution in [1.82, 2.24) is 0 Å². The van der Waals surface area contributed by atoms with Gasteiger partial charge in [-0.1, -0.05) is 6.07 Å². The minimum Gasteiger partial charge on any atom is -0.393 e. The van der Waals surface area contributed by atoms with Crippen molar-refractivity contribution in [3.63, 3.8) is 0 Å². The summed E-state index contributed by atoms with van der Waals surface area (Å²) in [6, 6.07) is 3.62. The number of rotatable bonds is 3. The van der Waals surface area contributed by atoms with Crippen LogP contribution in [0.1, 0.15) is 12.5 Å². The minimum atomic E-state index is -0.867. The van der Waals surface area contributed by atoms with E-state index in [4.69, 9.17) is 5.11 Å². The summed E-state index contributed by atoms with van der Waals surface area (Å²) in [7, 11) is 0. The van der Waals surface area contributed by atoms with Gasteiger partial charge in [0.2, 0.25) is 5.82 Å². The molecule has 0 aliphatic rings. The molecule has 14 heavy (non-hydrogen) atoms. The van der Waals surface area contributed by atoms with Gasteiger partial charge in [0, 0.05) is 6.07 Å².